The molecule has 0 fully saturated rings. The Balaban J connectivity index is 1.72. The summed E-state index contributed by atoms with van der Waals surface area (Å²) in [7, 11) is 0. The van der Waals surface area contributed by atoms with Crippen molar-refractivity contribution in [3.8, 4) is 22.8 Å². The zero-order chi connectivity index (χ0) is 18.8. The van der Waals surface area contributed by atoms with Crippen LogP contribution in [0.4, 0.5) is 4.39 Å². The second-order valence-corrected chi connectivity index (χ2v) is 5.96. The summed E-state index contributed by atoms with van der Waals surface area (Å²) in [4.78, 5) is 16.0. The van der Waals surface area contributed by atoms with E-state index in [4.69, 9.17) is 4.74 Å². The van der Waals surface area contributed by atoms with E-state index in [0.29, 0.717) is 27.9 Å². The quantitative estimate of drug-likeness (QED) is 0.520. The van der Waals surface area contributed by atoms with Gasteiger partial charge in [0.05, 0.1) is 16.8 Å². The van der Waals surface area contributed by atoms with Crippen LogP contribution in [0, 0.1) is 5.82 Å². The fraction of sp³-hybridized carbons (Fsp3) is 0. The second-order valence-electron chi connectivity index (χ2n) is 5.96. The van der Waals surface area contributed by atoms with Gasteiger partial charge in [0.25, 0.3) is 0 Å². The summed E-state index contributed by atoms with van der Waals surface area (Å²) in [5.41, 5.74) is 1.55. The minimum absolute atomic E-state index is 0.0830. The van der Waals surface area contributed by atoms with Gasteiger partial charge < -0.3 is 9.84 Å². The molecule has 1 heterocycles. The fourth-order valence-electron chi connectivity index (χ4n) is 2.84. The van der Waals surface area contributed by atoms with Crippen molar-refractivity contribution in [3.63, 3.8) is 0 Å². The van der Waals surface area contributed by atoms with Gasteiger partial charge in [-0.2, -0.15) is 0 Å². The number of aromatic nitrogens is 1. The molecule has 0 unspecified atom stereocenters. The molecule has 5 heteroatoms. The zero-order valence-electron chi connectivity index (χ0n) is 14.1. The minimum Gasteiger partial charge on any atom is -0.478 e. The predicted molar refractivity (Wildman–Crippen MR) is 101 cm³/mol. The smallest absolute Gasteiger partial charge is 0.336 e. The Morgan fingerprint density at radius 2 is 1.59 bits per heavy atom. The molecule has 3 aromatic carbocycles. The van der Waals surface area contributed by atoms with Crippen molar-refractivity contribution in [3.05, 3.63) is 90.2 Å². The lowest BCUT2D eigenvalue weighted by Crippen LogP contribution is -2.00. The van der Waals surface area contributed by atoms with Crippen molar-refractivity contribution in [2.24, 2.45) is 0 Å². The molecule has 0 spiro atoms. The first kappa shape index (κ1) is 16.7. The second kappa shape index (κ2) is 6.88. The van der Waals surface area contributed by atoms with Gasteiger partial charge in [-0.25, -0.2) is 14.2 Å². The number of carbonyl (C=O) groups is 1. The lowest BCUT2D eigenvalue weighted by Gasteiger charge is -2.09. The number of rotatable bonds is 4. The number of hydrogen-bond acceptors (Lipinski definition) is 3. The van der Waals surface area contributed by atoms with E-state index in [1.165, 1.54) is 24.3 Å². The third kappa shape index (κ3) is 3.48. The van der Waals surface area contributed by atoms with Crippen molar-refractivity contribution < 1.29 is 19.0 Å². The van der Waals surface area contributed by atoms with Crippen LogP contribution >= 0.6 is 0 Å². The van der Waals surface area contributed by atoms with Gasteiger partial charge in [0, 0.05) is 17.0 Å². The molecule has 1 N–H and O–H groups in total. The van der Waals surface area contributed by atoms with Crippen molar-refractivity contribution in [2.75, 3.05) is 0 Å². The van der Waals surface area contributed by atoms with Crippen molar-refractivity contribution in [2.45, 2.75) is 0 Å². The number of para-hydroxylation sites is 1. The van der Waals surface area contributed by atoms with Crippen LogP contribution in [0.5, 0.6) is 11.5 Å². The predicted octanol–water partition coefficient (Wildman–Crippen LogP) is 5.53. The number of fused-ring (bicyclic) bond motifs is 1. The monoisotopic (exact) mass is 359 g/mol. The van der Waals surface area contributed by atoms with Crippen LogP contribution in [0.1, 0.15) is 10.4 Å². The van der Waals surface area contributed by atoms with Gasteiger partial charge in [-0.1, -0.05) is 18.2 Å². The van der Waals surface area contributed by atoms with E-state index in [2.05, 4.69) is 4.98 Å². The fourth-order valence-corrected chi connectivity index (χ4v) is 2.84. The molecule has 0 aliphatic heterocycles. The van der Waals surface area contributed by atoms with Crippen molar-refractivity contribution >= 4 is 16.9 Å². The number of pyridine rings is 1. The van der Waals surface area contributed by atoms with Crippen LogP contribution in [0.2, 0.25) is 0 Å². The van der Waals surface area contributed by atoms with Gasteiger partial charge >= 0.3 is 5.97 Å². The number of aromatic carboxylic acids is 1. The first-order valence-electron chi connectivity index (χ1n) is 8.27. The van der Waals surface area contributed by atoms with Crippen molar-refractivity contribution in [1.82, 2.24) is 4.98 Å². The number of carboxylic acids is 1. The summed E-state index contributed by atoms with van der Waals surface area (Å²) in [6.07, 6.45) is 0. The van der Waals surface area contributed by atoms with Gasteiger partial charge in [0.15, 0.2) is 0 Å². The minimum atomic E-state index is -1.08. The largest absolute Gasteiger partial charge is 0.478 e. The Bertz CT molecular complexity index is 1130. The topological polar surface area (TPSA) is 59.4 Å². The highest BCUT2D eigenvalue weighted by atomic mass is 19.1. The molecule has 27 heavy (non-hydrogen) atoms. The summed E-state index contributed by atoms with van der Waals surface area (Å²) in [6, 6.07) is 21.9. The molecule has 4 nitrogen and oxygen atoms in total. The molecule has 0 saturated heterocycles. The zero-order valence-corrected chi connectivity index (χ0v) is 14.1. The first-order valence-corrected chi connectivity index (χ1v) is 8.27. The highest BCUT2D eigenvalue weighted by Crippen LogP contribution is 2.28. The maximum atomic E-state index is 13.6. The third-order valence-electron chi connectivity index (χ3n) is 4.13. The lowest BCUT2D eigenvalue weighted by molar-refractivity contribution is 0.0699. The Labute approximate surface area is 154 Å². The Morgan fingerprint density at radius 1 is 0.889 bits per heavy atom. The standard InChI is InChI=1S/C22H14FNO3/c23-15-8-11-18-19(22(25)26)13-20(24-21(18)12-15)14-6-9-17(10-7-14)27-16-4-2-1-3-5-16/h1-13H,(H,25,26). The van der Waals surface area contributed by atoms with Crippen molar-refractivity contribution in [1.29, 1.82) is 0 Å². The number of halogens is 1. The summed E-state index contributed by atoms with van der Waals surface area (Å²) >= 11 is 0. The Hall–Kier alpha value is -3.73. The van der Waals surface area contributed by atoms with E-state index < -0.39 is 11.8 Å². The molecule has 4 aromatic rings. The molecule has 0 bridgehead atoms. The maximum Gasteiger partial charge on any atom is 0.336 e. The van der Waals surface area contributed by atoms with Crippen LogP contribution < -0.4 is 4.74 Å². The Morgan fingerprint density at radius 3 is 2.30 bits per heavy atom. The van der Waals surface area contributed by atoms with E-state index in [9.17, 15) is 14.3 Å². The normalized spacial score (nSPS) is 10.7. The molecule has 0 radical (unpaired) electrons. The highest BCUT2D eigenvalue weighted by Gasteiger charge is 2.13. The number of nitrogens with zero attached hydrogens (tertiary/aromatic N) is 1. The molecule has 0 atom stereocenters. The van der Waals surface area contributed by atoms with Crippen LogP contribution in [-0.4, -0.2) is 16.1 Å². The van der Waals surface area contributed by atoms with Gasteiger partial charge in [-0.15, -0.1) is 0 Å². The third-order valence-corrected chi connectivity index (χ3v) is 4.13. The van der Waals surface area contributed by atoms with Gasteiger partial charge in [-0.05, 0) is 54.6 Å². The van der Waals surface area contributed by atoms with E-state index >= 15 is 0 Å². The Kier molecular flexibility index (Phi) is 4.26. The molecule has 4 rings (SSSR count). The van der Waals surface area contributed by atoms with E-state index in [-0.39, 0.29) is 5.56 Å². The molecular weight excluding hydrogens is 345 g/mol. The van der Waals surface area contributed by atoms with Crippen LogP contribution in [0.15, 0.2) is 78.9 Å². The SMILES string of the molecule is O=C(O)c1cc(-c2ccc(Oc3ccccc3)cc2)nc2cc(F)ccc12. The molecule has 132 valence electrons. The summed E-state index contributed by atoms with van der Waals surface area (Å²) in [5, 5.41) is 9.89. The number of carboxylic acid groups (broad SMARTS) is 1. The van der Waals surface area contributed by atoms with E-state index in [1.807, 2.05) is 30.3 Å². The van der Waals surface area contributed by atoms with Crippen LogP contribution in [-0.2, 0) is 0 Å². The maximum absolute atomic E-state index is 13.6. The average Bonchev–Trinajstić information content (AvgIpc) is 2.68. The molecule has 0 saturated carbocycles. The summed E-state index contributed by atoms with van der Waals surface area (Å²) in [6.45, 7) is 0. The molecule has 1 aromatic heterocycles. The lowest BCUT2D eigenvalue weighted by atomic mass is 10.0. The van der Waals surface area contributed by atoms with Gasteiger partial charge in [0.1, 0.15) is 17.3 Å². The number of ether oxygens (including phenoxy) is 1. The number of benzene rings is 3. The summed E-state index contributed by atoms with van der Waals surface area (Å²) < 4.78 is 19.3. The first-order chi connectivity index (χ1) is 13.1. The van der Waals surface area contributed by atoms with Crippen LogP contribution in [0.3, 0.4) is 0 Å². The highest BCUT2D eigenvalue weighted by molar-refractivity contribution is 6.03. The van der Waals surface area contributed by atoms with E-state index in [0.717, 1.165) is 5.75 Å². The molecule has 0 amide bonds. The van der Waals surface area contributed by atoms with Gasteiger partial charge in [0.2, 0.25) is 0 Å². The molecule has 0 aliphatic rings. The molecule has 0 aliphatic carbocycles. The van der Waals surface area contributed by atoms with Crippen LogP contribution in [0.25, 0.3) is 22.2 Å². The van der Waals surface area contributed by atoms with E-state index in [1.54, 1.807) is 24.3 Å². The average molecular weight is 359 g/mol. The summed E-state index contributed by atoms with van der Waals surface area (Å²) in [5.74, 6) is -0.178. The number of hydrogen-bond donors (Lipinski definition) is 1. The molecular formula is C22H14FNO3. The van der Waals surface area contributed by atoms with Gasteiger partial charge in [-0.3, -0.25) is 0 Å².